The molecule has 0 aliphatic carbocycles. The molecule has 0 saturated carbocycles. The number of nitrogens with zero attached hydrogens (tertiary/aromatic N) is 2. The molecule has 277 valence electrons. The molecule has 52 heavy (non-hydrogen) atoms. The third kappa shape index (κ3) is 8.43. The van der Waals surface area contributed by atoms with Crippen LogP contribution in [0.25, 0.3) is 53.7 Å². The molecule has 0 aliphatic heterocycles. The molecule has 9 heteroatoms. The number of halogens is 3. The van der Waals surface area contributed by atoms with Gasteiger partial charge in [-0.2, -0.15) is 23.4 Å². The number of hydrogen-bond donors (Lipinski definition) is 1. The monoisotopic (exact) mass is 904 g/mol. The van der Waals surface area contributed by atoms with Gasteiger partial charge in [0, 0.05) is 53.8 Å². The Hall–Kier alpha value is -3.65. The average Bonchev–Trinajstić information content (AvgIpc) is 3.54. The van der Waals surface area contributed by atoms with Crippen molar-refractivity contribution in [3.8, 4) is 11.3 Å². The van der Waals surface area contributed by atoms with Gasteiger partial charge in [0.25, 0.3) is 0 Å². The summed E-state index contributed by atoms with van der Waals surface area (Å²) in [7, 11) is 0. The maximum Gasteiger partial charge on any atom is 0.417 e. The first-order valence-electron chi connectivity index (χ1n) is 17.7. The van der Waals surface area contributed by atoms with Crippen molar-refractivity contribution in [1.29, 1.82) is 0 Å². The molecule has 4 aromatic carbocycles. The number of benzene rings is 4. The van der Waals surface area contributed by atoms with Crippen molar-refractivity contribution in [2.24, 2.45) is 11.8 Å². The number of aliphatic hydroxyl groups is 1. The van der Waals surface area contributed by atoms with Crippen LogP contribution in [0.1, 0.15) is 91.0 Å². The second kappa shape index (κ2) is 16.6. The van der Waals surface area contributed by atoms with Crippen molar-refractivity contribution in [2.75, 3.05) is 0 Å². The molecular weight excluding hydrogens is 858 g/mol. The van der Waals surface area contributed by atoms with Crippen LogP contribution < -0.4 is 0 Å². The van der Waals surface area contributed by atoms with E-state index in [1.807, 2.05) is 33.8 Å². The molecule has 2 aromatic heterocycles. The van der Waals surface area contributed by atoms with Crippen LogP contribution in [0.2, 0.25) is 0 Å². The zero-order valence-corrected chi connectivity index (χ0v) is 34.2. The molecule has 0 saturated heterocycles. The van der Waals surface area contributed by atoms with E-state index in [4.69, 9.17) is 0 Å². The number of carbonyl (C=O) groups excluding carboxylic acids is 1. The topological polar surface area (TPSA) is 63.1 Å². The fraction of sp³-hybridized carbons (Fsp3) is 0.372. The van der Waals surface area contributed by atoms with Gasteiger partial charge in [-0.3, -0.25) is 4.79 Å². The van der Waals surface area contributed by atoms with Gasteiger partial charge < -0.3 is 5.11 Å². The van der Waals surface area contributed by atoms with E-state index in [0.29, 0.717) is 22.0 Å². The van der Waals surface area contributed by atoms with Crippen molar-refractivity contribution in [1.82, 2.24) is 10.2 Å². The van der Waals surface area contributed by atoms with Crippen LogP contribution in [-0.2, 0) is 36.5 Å². The van der Waals surface area contributed by atoms with E-state index in [9.17, 15) is 23.1 Å². The number of aliphatic hydroxyl groups excluding tert-OH is 1. The molecule has 1 N–H and O–H groups in total. The summed E-state index contributed by atoms with van der Waals surface area (Å²) >= 11 is 1.69. The largest absolute Gasteiger partial charge is 0.512 e. The summed E-state index contributed by atoms with van der Waals surface area (Å²) in [5, 5.41) is 24.8. The maximum atomic E-state index is 14.5. The van der Waals surface area contributed by atoms with Crippen molar-refractivity contribution >= 4 is 59.5 Å². The first-order valence-corrected chi connectivity index (χ1v) is 18.6. The van der Waals surface area contributed by atoms with E-state index in [-0.39, 0.29) is 65.4 Å². The number of aryl methyl sites for hydroxylation is 1. The summed E-state index contributed by atoms with van der Waals surface area (Å²) in [6, 6.07) is 20.3. The van der Waals surface area contributed by atoms with Crippen LogP contribution in [0.4, 0.5) is 13.2 Å². The summed E-state index contributed by atoms with van der Waals surface area (Å²) in [5.74, 6) is 0.547. The smallest absolute Gasteiger partial charge is 0.417 e. The average molecular weight is 904 g/mol. The summed E-state index contributed by atoms with van der Waals surface area (Å²) < 4.78 is 44.6. The number of rotatable bonds is 8. The molecule has 0 aliphatic rings. The minimum atomic E-state index is -4.54. The van der Waals surface area contributed by atoms with Gasteiger partial charge in [-0.25, -0.2) is 0 Å². The van der Waals surface area contributed by atoms with Crippen molar-refractivity contribution in [3.05, 3.63) is 94.7 Å². The Morgan fingerprint density at radius 1 is 0.865 bits per heavy atom. The van der Waals surface area contributed by atoms with Gasteiger partial charge in [-0.1, -0.05) is 102 Å². The fourth-order valence-corrected chi connectivity index (χ4v) is 7.71. The summed E-state index contributed by atoms with van der Waals surface area (Å²) in [6.07, 6.45) is 0.363. The molecular formula is C43H46F3IrN2O2S-. The molecule has 0 bridgehead atoms. The molecule has 2 heterocycles. The molecule has 0 spiro atoms. The molecule has 0 amide bonds. The van der Waals surface area contributed by atoms with Crippen LogP contribution >= 0.6 is 11.3 Å². The van der Waals surface area contributed by atoms with E-state index in [0.717, 1.165) is 47.4 Å². The molecule has 0 unspecified atom stereocenters. The van der Waals surface area contributed by atoms with Crippen LogP contribution in [0.15, 0.2) is 71.8 Å². The fourth-order valence-electron chi connectivity index (χ4n) is 6.90. The predicted octanol–water partition coefficient (Wildman–Crippen LogP) is 13.1. The zero-order chi connectivity index (χ0) is 37.2. The third-order valence-corrected chi connectivity index (χ3v) is 10.7. The van der Waals surface area contributed by atoms with Crippen LogP contribution in [-0.4, -0.2) is 21.1 Å². The van der Waals surface area contributed by atoms with Crippen LogP contribution in [0.3, 0.4) is 0 Å². The number of ketones is 1. The van der Waals surface area contributed by atoms with Gasteiger partial charge in [-0.15, -0.1) is 40.5 Å². The summed E-state index contributed by atoms with van der Waals surface area (Å²) in [5.41, 5.74) is 1.52. The predicted molar refractivity (Wildman–Crippen MR) is 207 cm³/mol. The summed E-state index contributed by atoms with van der Waals surface area (Å²) in [4.78, 5) is 11.7. The van der Waals surface area contributed by atoms with Crippen LogP contribution in [0.5, 0.6) is 0 Å². The maximum absolute atomic E-state index is 14.5. The SMILES string of the molecule is CCC(CC)C(=O)/C=C(\O)C(CC)CC.Cc1nnc(-c2[c-]c3cc4ccsc4cc3c(C(C)(C)C)c2)c2cc3ccccc3c(C(F)(F)F)c12.[Ir]. The molecule has 0 atom stereocenters. The van der Waals surface area contributed by atoms with Gasteiger partial charge in [-0.05, 0) is 64.9 Å². The first-order chi connectivity index (χ1) is 24.1. The Morgan fingerprint density at radius 2 is 1.52 bits per heavy atom. The van der Waals surface area contributed by atoms with Crippen LogP contribution in [0, 0.1) is 24.8 Å². The van der Waals surface area contributed by atoms with Gasteiger partial charge in [0.15, 0.2) is 5.78 Å². The number of fused-ring (bicyclic) bond motifs is 4. The Balaban J connectivity index is 0.000000323. The Kier molecular flexibility index (Phi) is 13.1. The molecule has 0 fully saturated rings. The van der Waals surface area contributed by atoms with Crippen molar-refractivity contribution < 1.29 is 43.2 Å². The molecule has 1 radical (unpaired) electrons. The second-order valence-electron chi connectivity index (χ2n) is 14.2. The minimum Gasteiger partial charge on any atom is -0.512 e. The Bertz CT molecular complexity index is 2240. The second-order valence-corrected chi connectivity index (χ2v) is 15.2. The number of hydrogen-bond acceptors (Lipinski definition) is 5. The summed E-state index contributed by atoms with van der Waals surface area (Å²) in [6.45, 7) is 16.1. The first kappa shape index (κ1) is 41.1. The number of thiophene rings is 1. The standard InChI is InChI=1S/C30H22F3N2S.C13H24O2.Ir/c1-16-26-23(13-17-7-5-6-8-21(17)27(26)30(31,32)33)28(35-34-16)20-12-19-11-18-9-10-36-25(18)15-22(19)24(14-20)29(2,3)4;1-5-10(6-2)12(14)9-13(15)11(7-3)8-4;/h5-11,13-15H,1-4H3;9-11,14H,5-8H2,1-4H3;/q-1;;/b;12-9-;. The van der Waals surface area contributed by atoms with Gasteiger partial charge >= 0.3 is 6.18 Å². The molecule has 6 aromatic rings. The number of carbonyl (C=O) groups is 1. The zero-order valence-electron chi connectivity index (χ0n) is 31.0. The van der Waals surface area contributed by atoms with E-state index in [1.165, 1.54) is 16.8 Å². The van der Waals surface area contributed by atoms with Gasteiger partial charge in [0.1, 0.15) is 0 Å². The minimum absolute atomic E-state index is 0. The number of allylic oxidation sites excluding steroid dienone is 2. The van der Waals surface area contributed by atoms with Gasteiger partial charge in [0.05, 0.1) is 17.0 Å². The van der Waals surface area contributed by atoms with Gasteiger partial charge in [0.2, 0.25) is 0 Å². The Labute approximate surface area is 321 Å². The molecule has 6 rings (SSSR count). The van der Waals surface area contributed by atoms with Crippen molar-refractivity contribution in [2.45, 2.75) is 92.7 Å². The third-order valence-electron chi connectivity index (χ3n) is 9.84. The van der Waals surface area contributed by atoms with E-state index in [2.05, 4.69) is 60.6 Å². The normalized spacial score (nSPS) is 12.5. The van der Waals surface area contributed by atoms with Crippen molar-refractivity contribution in [3.63, 3.8) is 0 Å². The van der Waals surface area contributed by atoms with E-state index < -0.39 is 11.7 Å². The van der Waals surface area contributed by atoms with E-state index >= 15 is 0 Å². The molecule has 4 nitrogen and oxygen atoms in total. The quantitative estimate of drug-likeness (QED) is 0.0715. The van der Waals surface area contributed by atoms with E-state index in [1.54, 1.807) is 42.5 Å². The number of aromatic nitrogens is 2. The number of alkyl halides is 3. The Morgan fingerprint density at radius 3 is 2.13 bits per heavy atom.